The van der Waals surface area contributed by atoms with Crippen molar-refractivity contribution in [3.05, 3.63) is 39.4 Å². The maximum Gasteiger partial charge on any atom is 0.272 e. The van der Waals surface area contributed by atoms with Gasteiger partial charge < -0.3 is 5.73 Å². The zero-order valence-corrected chi connectivity index (χ0v) is 11.2. The molecule has 0 saturated carbocycles. The molecule has 0 aliphatic carbocycles. The molecular weight excluding hydrogens is 254 g/mol. The highest BCUT2D eigenvalue weighted by Crippen LogP contribution is 2.23. The van der Waals surface area contributed by atoms with Crippen LogP contribution in [0.2, 0.25) is 0 Å². The van der Waals surface area contributed by atoms with Gasteiger partial charge in [-0.2, -0.15) is 0 Å². The van der Waals surface area contributed by atoms with Crippen LogP contribution in [0.3, 0.4) is 0 Å². The van der Waals surface area contributed by atoms with Crippen LogP contribution in [-0.4, -0.2) is 29.0 Å². The summed E-state index contributed by atoms with van der Waals surface area (Å²) in [6, 6.07) is 5.49. The lowest BCUT2D eigenvalue weighted by molar-refractivity contribution is -0.385. The van der Waals surface area contributed by atoms with E-state index >= 15 is 0 Å². The van der Waals surface area contributed by atoms with Crippen LogP contribution in [0.1, 0.15) is 17.5 Å². The van der Waals surface area contributed by atoms with Crippen molar-refractivity contribution in [1.29, 1.82) is 0 Å². The predicted octanol–water partition coefficient (Wildman–Crippen LogP) is 1.86. The highest BCUT2D eigenvalue weighted by Gasteiger charge is 2.21. The van der Waals surface area contributed by atoms with Crippen molar-refractivity contribution in [2.45, 2.75) is 25.9 Å². The minimum atomic E-state index is -0.325. The van der Waals surface area contributed by atoms with Gasteiger partial charge in [0.15, 0.2) is 0 Å². The van der Waals surface area contributed by atoms with Crippen LogP contribution >= 0.6 is 12.4 Å². The average Bonchev–Trinajstić information content (AvgIpc) is 2.67. The zero-order chi connectivity index (χ0) is 12.4. The molecule has 18 heavy (non-hydrogen) atoms. The molecule has 1 aromatic rings. The molecule has 0 amide bonds. The first-order valence-electron chi connectivity index (χ1n) is 5.78. The number of nitrogens with two attached hydrogens (primary N) is 1. The second-order valence-electron chi connectivity index (χ2n) is 4.60. The summed E-state index contributed by atoms with van der Waals surface area (Å²) in [7, 11) is 0. The summed E-state index contributed by atoms with van der Waals surface area (Å²) in [5.74, 6) is 0. The fraction of sp³-hybridized carbons (Fsp3) is 0.500. The van der Waals surface area contributed by atoms with Gasteiger partial charge in [-0.25, -0.2) is 0 Å². The van der Waals surface area contributed by atoms with Crippen molar-refractivity contribution in [3.63, 3.8) is 0 Å². The van der Waals surface area contributed by atoms with E-state index in [0.717, 1.165) is 37.2 Å². The van der Waals surface area contributed by atoms with Crippen molar-refractivity contribution in [3.8, 4) is 0 Å². The van der Waals surface area contributed by atoms with Crippen LogP contribution in [0.25, 0.3) is 0 Å². The Balaban J connectivity index is 0.00000162. The van der Waals surface area contributed by atoms with Gasteiger partial charge in [-0.1, -0.05) is 12.1 Å². The first kappa shape index (κ1) is 14.9. The third kappa shape index (κ3) is 3.19. The van der Waals surface area contributed by atoms with Crippen molar-refractivity contribution < 1.29 is 4.92 Å². The molecule has 0 spiro atoms. The van der Waals surface area contributed by atoms with Gasteiger partial charge in [0.2, 0.25) is 0 Å². The lowest BCUT2D eigenvalue weighted by Gasteiger charge is -2.16. The number of hydrogen-bond acceptors (Lipinski definition) is 4. The van der Waals surface area contributed by atoms with Crippen LogP contribution < -0.4 is 5.73 Å². The molecular formula is C12H18ClN3O2. The zero-order valence-electron chi connectivity index (χ0n) is 10.3. The number of benzene rings is 1. The van der Waals surface area contributed by atoms with Gasteiger partial charge in [0.25, 0.3) is 5.69 Å². The lowest BCUT2D eigenvalue weighted by Crippen LogP contribution is -2.26. The van der Waals surface area contributed by atoms with E-state index in [0.29, 0.717) is 0 Å². The summed E-state index contributed by atoms with van der Waals surface area (Å²) in [6.07, 6.45) is 1.01. The van der Waals surface area contributed by atoms with Gasteiger partial charge in [-0.05, 0) is 18.9 Å². The first-order valence-corrected chi connectivity index (χ1v) is 5.78. The van der Waals surface area contributed by atoms with Crippen molar-refractivity contribution in [2.24, 2.45) is 5.73 Å². The molecule has 0 unspecified atom stereocenters. The SMILES string of the molecule is Cc1c(CN2CC[C@@H](N)C2)cccc1[N+](=O)[O-].Cl. The number of nitro benzene ring substituents is 1. The predicted molar refractivity (Wildman–Crippen MR) is 73.0 cm³/mol. The lowest BCUT2D eigenvalue weighted by atomic mass is 10.1. The summed E-state index contributed by atoms with van der Waals surface area (Å²) in [5.41, 5.74) is 7.83. The van der Waals surface area contributed by atoms with Crippen LogP contribution in [0.4, 0.5) is 5.69 Å². The molecule has 0 radical (unpaired) electrons. The quantitative estimate of drug-likeness (QED) is 0.673. The topological polar surface area (TPSA) is 72.4 Å². The molecule has 1 fully saturated rings. The van der Waals surface area contributed by atoms with E-state index in [1.807, 2.05) is 13.0 Å². The van der Waals surface area contributed by atoms with Gasteiger partial charge in [-0.3, -0.25) is 15.0 Å². The van der Waals surface area contributed by atoms with E-state index in [9.17, 15) is 10.1 Å². The molecule has 6 heteroatoms. The molecule has 1 heterocycles. The average molecular weight is 272 g/mol. The van der Waals surface area contributed by atoms with Crippen LogP contribution in [0.15, 0.2) is 18.2 Å². The maximum absolute atomic E-state index is 10.8. The van der Waals surface area contributed by atoms with E-state index in [4.69, 9.17) is 5.73 Å². The number of likely N-dealkylation sites (tertiary alicyclic amines) is 1. The van der Waals surface area contributed by atoms with Gasteiger partial charge >= 0.3 is 0 Å². The van der Waals surface area contributed by atoms with Crippen LogP contribution in [0, 0.1) is 17.0 Å². The highest BCUT2D eigenvalue weighted by molar-refractivity contribution is 5.85. The fourth-order valence-corrected chi connectivity index (χ4v) is 2.29. The molecule has 1 saturated heterocycles. The number of nitrogens with zero attached hydrogens (tertiary/aromatic N) is 2. The van der Waals surface area contributed by atoms with Crippen molar-refractivity contribution >= 4 is 18.1 Å². The van der Waals surface area contributed by atoms with Gasteiger partial charge in [-0.15, -0.1) is 12.4 Å². The monoisotopic (exact) mass is 271 g/mol. The van der Waals surface area contributed by atoms with Crippen molar-refractivity contribution in [2.75, 3.05) is 13.1 Å². The van der Waals surface area contributed by atoms with E-state index < -0.39 is 0 Å². The molecule has 1 aliphatic heterocycles. The molecule has 1 aliphatic rings. The Hall–Kier alpha value is -1.17. The highest BCUT2D eigenvalue weighted by atomic mass is 35.5. The summed E-state index contributed by atoms with van der Waals surface area (Å²) in [4.78, 5) is 12.8. The third-order valence-corrected chi connectivity index (χ3v) is 3.32. The Kier molecular flexibility index (Phi) is 5.07. The number of halogens is 1. The normalized spacial score (nSPS) is 19.6. The van der Waals surface area contributed by atoms with E-state index in [2.05, 4.69) is 4.90 Å². The summed E-state index contributed by atoms with van der Waals surface area (Å²) < 4.78 is 0. The van der Waals surface area contributed by atoms with Crippen LogP contribution in [-0.2, 0) is 6.54 Å². The van der Waals surface area contributed by atoms with E-state index in [-0.39, 0.29) is 29.1 Å². The summed E-state index contributed by atoms with van der Waals surface area (Å²) in [5, 5.41) is 10.8. The second-order valence-corrected chi connectivity index (χ2v) is 4.60. The molecule has 100 valence electrons. The van der Waals surface area contributed by atoms with Gasteiger partial charge in [0.1, 0.15) is 0 Å². The second kappa shape index (κ2) is 6.13. The summed E-state index contributed by atoms with van der Waals surface area (Å²) >= 11 is 0. The summed E-state index contributed by atoms with van der Waals surface area (Å²) in [6.45, 7) is 4.41. The smallest absolute Gasteiger partial charge is 0.272 e. The molecule has 5 nitrogen and oxygen atoms in total. The van der Waals surface area contributed by atoms with Gasteiger partial charge in [0, 0.05) is 37.3 Å². The minimum absolute atomic E-state index is 0. The van der Waals surface area contributed by atoms with Gasteiger partial charge in [0.05, 0.1) is 4.92 Å². The molecule has 1 atom stereocenters. The number of rotatable bonds is 3. The fourth-order valence-electron chi connectivity index (χ4n) is 2.29. The molecule has 2 N–H and O–H groups in total. The maximum atomic E-state index is 10.8. The Labute approximate surface area is 113 Å². The first-order chi connectivity index (χ1) is 8.08. The Morgan fingerprint density at radius 2 is 2.28 bits per heavy atom. The molecule has 2 rings (SSSR count). The largest absolute Gasteiger partial charge is 0.326 e. The molecule has 0 aromatic heterocycles. The standard InChI is InChI=1S/C12H17N3O2.ClH/c1-9-10(3-2-4-12(9)15(16)17)7-14-6-5-11(13)8-14;/h2-4,11H,5-8,13H2,1H3;1H/t11-;/m1./s1. The Bertz CT molecular complexity index is 439. The van der Waals surface area contributed by atoms with Crippen LogP contribution in [0.5, 0.6) is 0 Å². The third-order valence-electron chi connectivity index (χ3n) is 3.32. The minimum Gasteiger partial charge on any atom is -0.326 e. The number of nitro groups is 1. The molecule has 1 aromatic carbocycles. The van der Waals surface area contributed by atoms with Crippen molar-refractivity contribution in [1.82, 2.24) is 4.90 Å². The van der Waals surface area contributed by atoms with E-state index in [1.165, 1.54) is 0 Å². The Morgan fingerprint density at radius 1 is 1.56 bits per heavy atom. The Morgan fingerprint density at radius 3 is 2.83 bits per heavy atom. The molecule has 0 bridgehead atoms. The number of hydrogen-bond donors (Lipinski definition) is 1. The van der Waals surface area contributed by atoms with E-state index in [1.54, 1.807) is 12.1 Å².